The predicted molar refractivity (Wildman–Crippen MR) is 62.0 cm³/mol. The molecule has 2 N–H and O–H groups in total. The van der Waals surface area contributed by atoms with Crippen LogP contribution in [0.25, 0.3) is 0 Å². The Kier molecular flexibility index (Phi) is 4.15. The fourth-order valence-corrected chi connectivity index (χ4v) is 1.62. The maximum atomic E-state index is 11.9. The first-order chi connectivity index (χ1) is 8.20. The van der Waals surface area contributed by atoms with Crippen LogP contribution in [0.2, 0.25) is 0 Å². The highest BCUT2D eigenvalue weighted by Gasteiger charge is 2.36. The van der Waals surface area contributed by atoms with Crippen LogP contribution in [0.3, 0.4) is 0 Å². The van der Waals surface area contributed by atoms with E-state index >= 15 is 0 Å². The first-order valence-corrected chi connectivity index (χ1v) is 5.70. The van der Waals surface area contributed by atoms with Gasteiger partial charge < -0.3 is 15.2 Å². The van der Waals surface area contributed by atoms with Crippen LogP contribution in [0.1, 0.15) is 27.2 Å². The second-order valence-corrected chi connectivity index (χ2v) is 5.08. The minimum atomic E-state index is -1.13. The Morgan fingerprint density at radius 2 is 2.11 bits per heavy atom. The van der Waals surface area contributed by atoms with Gasteiger partial charge in [0.1, 0.15) is 11.6 Å². The standard InChI is InChI=1S/C11H18N2O5/c1-11(2,3)18-10(17)13-5-4-12-9(16)7(13)6-8(14)15/h7H,4-6H2,1-3H3,(H,12,16)(H,14,15)/t7-/m0/s1. The highest BCUT2D eigenvalue weighted by atomic mass is 16.6. The van der Waals surface area contributed by atoms with Crippen molar-refractivity contribution in [3.8, 4) is 0 Å². The van der Waals surface area contributed by atoms with Gasteiger partial charge in [-0.25, -0.2) is 4.79 Å². The van der Waals surface area contributed by atoms with Gasteiger partial charge in [-0.05, 0) is 20.8 Å². The summed E-state index contributed by atoms with van der Waals surface area (Å²) in [6, 6.07) is -1.01. The summed E-state index contributed by atoms with van der Waals surface area (Å²) in [6.45, 7) is 5.68. The molecule has 0 aromatic heterocycles. The van der Waals surface area contributed by atoms with E-state index in [4.69, 9.17) is 9.84 Å². The third-order valence-corrected chi connectivity index (χ3v) is 2.33. The normalized spacial score (nSPS) is 20.3. The molecule has 102 valence electrons. The summed E-state index contributed by atoms with van der Waals surface area (Å²) in [5, 5.41) is 11.3. The molecule has 1 aliphatic heterocycles. The average molecular weight is 258 g/mol. The molecular formula is C11H18N2O5. The Morgan fingerprint density at radius 3 is 2.61 bits per heavy atom. The molecule has 1 fully saturated rings. The molecule has 0 aromatic carbocycles. The topological polar surface area (TPSA) is 95.9 Å². The molecule has 0 aliphatic carbocycles. The smallest absolute Gasteiger partial charge is 0.411 e. The lowest BCUT2D eigenvalue weighted by Gasteiger charge is -2.35. The molecule has 0 saturated carbocycles. The summed E-state index contributed by atoms with van der Waals surface area (Å²) >= 11 is 0. The number of nitrogens with one attached hydrogen (secondary N) is 1. The minimum Gasteiger partial charge on any atom is -0.481 e. The minimum absolute atomic E-state index is 0.249. The summed E-state index contributed by atoms with van der Waals surface area (Å²) < 4.78 is 5.15. The Bertz CT molecular complexity index is 361. The molecule has 7 heteroatoms. The number of carbonyl (C=O) groups excluding carboxylic acids is 2. The Hall–Kier alpha value is -1.79. The fourth-order valence-electron chi connectivity index (χ4n) is 1.62. The molecule has 18 heavy (non-hydrogen) atoms. The average Bonchev–Trinajstić information content (AvgIpc) is 2.17. The van der Waals surface area contributed by atoms with Crippen molar-refractivity contribution in [1.29, 1.82) is 0 Å². The van der Waals surface area contributed by atoms with Crippen LogP contribution in [0.4, 0.5) is 4.79 Å². The molecule has 0 radical (unpaired) electrons. The van der Waals surface area contributed by atoms with Gasteiger partial charge in [-0.15, -0.1) is 0 Å². The van der Waals surface area contributed by atoms with Crippen molar-refractivity contribution in [3.63, 3.8) is 0 Å². The van der Waals surface area contributed by atoms with Crippen molar-refractivity contribution in [2.75, 3.05) is 13.1 Å². The number of ether oxygens (including phenoxy) is 1. The van der Waals surface area contributed by atoms with E-state index in [1.165, 1.54) is 0 Å². The quantitative estimate of drug-likeness (QED) is 0.737. The number of carbonyl (C=O) groups is 3. The first kappa shape index (κ1) is 14.3. The van der Waals surface area contributed by atoms with Crippen molar-refractivity contribution >= 4 is 18.0 Å². The van der Waals surface area contributed by atoms with Gasteiger partial charge in [0.2, 0.25) is 5.91 Å². The van der Waals surface area contributed by atoms with Crippen LogP contribution in [-0.2, 0) is 14.3 Å². The molecule has 1 saturated heterocycles. The molecule has 7 nitrogen and oxygen atoms in total. The zero-order valence-electron chi connectivity index (χ0n) is 10.7. The van der Waals surface area contributed by atoms with Crippen LogP contribution >= 0.6 is 0 Å². The van der Waals surface area contributed by atoms with Crippen LogP contribution in [0.15, 0.2) is 0 Å². The largest absolute Gasteiger partial charge is 0.481 e. The van der Waals surface area contributed by atoms with Crippen LogP contribution in [-0.4, -0.2) is 52.7 Å². The Labute approximate surface area is 105 Å². The highest BCUT2D eigenvalue weighted by molar-refractivity contribution is 5.90. The molecule has 1 atom stereocenters. The molecular weight excluding hydrogens is 240 g/mol. The third kappa shape index (κ3) is 3.90. The molecule has 2 amide bonds. The van der Waals surface area contributed by atoms with Crippen molar-refractivity contribution < 1.29 is 24.2 Å². The van der Waals surface area contributed by atoms with Gasteiger partial charge in [-0.1, -0.05) is 0 Å². The Balaban J connectivity index is 2.79. The number of rotatable bonds is 2. The lowest BCUT2D eigenvalue weighted by Crippen LogP contribution is -2.58. The number of aliphatic carboxylic acids is 1. The fraction of sp³-hybridized carbons (Fsp3) is 0.727. The number of amides is 2. The SMILES string of the molecule is CC(C)(C)OC(=O)N1CCNC(=O)[C@@H]1CC(=O)O. The van der Waals surface area contributed by atoms with Crippen LogP contribution in [0.5, 0.6) is 0 Å². The summed E-state index contributed by atoms with van der Waals surface area (Å²) in [7, 11) is 0. The van der Waals surface area contributed by atoms with Crippen molar-refractivity contribution in [1.82, 2.24) is 10.2 Å². The molecule has 0 bridgehead atoms. The van der Waals surface area contributed by atoms with E-state index in [1.807, 2.05) is 0 Å². The van der Waals surface area contributed by atoms with E-state index in [9.17, 15) is 14.4 Å². The summed E-state index contributed by atoms with van der Waals surface area (Å²) in [4.78, 5) is 35.3. The van der Waals surface area contributed by atoms with E-state index in [0.717, 1.165) is 4.90 Å². The highest BCUT2D eigenvalue weighted by Crippen LogP contribution is 2.15. The lowest BCUT2D eigenvalue weighted by atomic mass is 10.1. The molecule has 0 aromatic rings. The second kappa shape index (κ2) is 5.24. The first-order valence-electron chi connectivity index (χ1n) is 5.70. The summed E-state index contributed by atoms with van der Waals surface area (Å²) in [5.74, 6) is -1.60. The number of hydrogen-bond acceptors (Lipinski definition) is 4. The van der Waals surface area contributed by atoms with E-state index < -0.39 is 36.0 Å². The van der Waals surface area contributed by atoms with Crippen LogP contribution < -0.4 is 5.32 Å². The summed E-state index contributed by atoms with van der Waals surface area (Å²) in [6.07, 6.45) is -1.09. The number of hydrogen-bond donors (Lipinski definition) is 2. The van der Waals surface area contributed by atoms with Gasteiger partial charge in [-0.2, -0.15) is 0 Å². The Morgan fingerprint density at radius 1 is 1.50 bits per heavy atom. The van der Waals surface area contributed by atoms with Gasteiger partial charge in [0.15, 0.2) is 0 Å². The molecule has 0 spiro atoms. The van der Waals surface area contributed by atoms with Gasteiger partial charge in [-0.3, -0.25) is 14.5 Å². The van der Waals surface area contributed by atoms with Crippen molar-refractivity contribution in [2.24, 2.45) is 0 Å². The number of carboxylic acids is 1. The zero-order chi connectivity index (χ0) is 13.9. The zero-order valence-corrected chi connectivity index (χ0v) is 10.7. The van der Waals surface area contributed by atoms with Gasteiger partial charge in [0.05, 0.1) is 6.42 Å². The number of carboxylic acid groups (broad SMARTS) is 1. The van der Waals surface area contributed by atoms with Gasteiger partial charge >= 0.3 is 12.1 Å². The maximum absolute atomic E-state index is 11.9. The van der Waals surface area contributed by atoms with Crippen molar-refractivity contribution in [3.05, 3.63) is 0 Å². The molecule has 1 aliphatic rings. The molecule has 0 unspecified atom stereocenters. The number of piperazine rings is 1. The van der Waals surface area contributed by atoms with E-state index in [-0.39, 0.29) is 6.54 Å². The predicted octanol–water partition coefficient (Wildman–Crippen LogP) is 0.197. The van der Waals surface area contributed by atoms with Gasteiger partial charge in [0.25, 0.3) is 0 Å². The summed E-state index contributed by atoms with van der Waals surface area (Å²) in [5.41, 5.74) is -0.682. The lowest BCUT2D eigenvalue weighted by molar-refractivity contribution is -0.142. The number of nitrogens with zero attached hydrogens (tertiary/aromatic N) is 1. The maximum Gasteiger partial charge on any atom is 0.411 e. The van der Waals surface area contributed by atoms with E-state index in [1.54, 1.807) is 20.8 Å². The van der Waals surface area contributed by atoms with E-state index in [0.29, 0.717) is 6.54 Å². The van der Waals surface area contributed by atoms with Gasteiger partial charge in [0, 0.05) is 13.1 Å². The second-order valence-electron chi connectivity index (χ2n) is 5.08. The van der Waals surface area contributed by atoms with Crippen LogP contribution in [0, 0.1) is 0 Å². The monoisotopic (exact) mass is 258 g/mol. The van der Waals surface area contributed by atoms with Crippen molar-refractivity contribution in [2.45, 2.75) is 38.8 Å². The molecule has 1 heterocycles. The molecule has 1 rings (SSSR count). The third-order valence-electron chi connectivity index (χ3n) is 2.33. The van der Waals surface area contributed by atoms with E-state index in [2.05, 4.69) is 5.32 Å².